The number of aliphatic hydroxyl groups excluding tert-OH is 1. The minimum Gasteiger partial charge on any atom is -0.389 e. The van der Waals surface area contributed by atoms with Crippen LogP contribution in [0, 0.1) is 0 Å². The molecule has 0 aromatic heterocycles. The summed E-state index contributed by atoms with van der Waals surface area (Å²) in [7, 11) is -3.61. The fourth-order valence-corrected chi connectivity index (χ4v) is 4.71. The van der Waals surface area contributed by atoms with Crippen LogP contribution in [0.5, 0.6) is 0 Å². The average Bonchev–Trinajstić information content (AvgIpc) is 3.08. The van der Waals surface area contributed by atoms with E-state index in [4.69, 9.17) is 4.74 Å². The minimum atomic E-state index is -3.61. The summed E-state index contributed by atoms with van der Waals surface area (Å²) in [6.45, 7) is 0. The Bertz CT molecular complexity index is 525. The molecule has 1 heterocycles. The molecule has 92 valence electrons. The Hall–Kier alpha value is -0.910. The molecule has 4 nitrogen and oxygen atoms in total. The molecule has 2 aliphatic rings. The number of hydrogen-bond acceptors (Lipinski definition) is 4. The van der Waals surface area contributed by atoms with Gasteiger partial charge in [0.15, 0.2) is 0 Å². The lowest BCUT2D eigenvalue weighted by Crippen LogP contribution is -2.42. The Morgan fingerprint density at radius 3 is 2.59 bits per heavy atom. The van der Waals surface area contributed by atoms with Crippen LogP contribution in [-0.2, 0) is 14.6 Å². The summed E-state index contributed by atoms with van der Waals surface area (Å²) in [6, 6.07) is 8.21. The number of fused-ring (bicyclic) bond motifs is 1. The first-order chi connectivity index (χ1) is 8.09. The van der Waals surface area contributed by atoms with Gasteiger partial charge in [0, 0.05) is 0 Å². The van der Waals surface area contributed by atoms with E-state index in [-0.39, 0.29) is 11.0 Å². The van der Waals surface area contributed by atoms with Gasteiger partial charge in [0.2, 0.25) is 14.8 Å². The number of epoxide rings is 1. The molecular weight excluding hydrogens is 240 g/mol. The van der Waals surface area contributed by atoms with Crippen LogP contribution in [0.2, 0.25) is 0 Å². The molecule has 0 bridgehead atoms. The summed E-state index contributed by atoms with van der Waals surface area (Å²) in [4.78, 5) is -1.14. The van der Waals surface area contributed by atoms with Crippen molar-refractivity contribution in [3.05, 3.63) is 30.3 Å². The molecule has 1 aromatic rings. The molecule has 17 heavy (non-hydrogen) atoms. The van der Waals surface area contributed by atoms with E-state index in [0.717, 1.165) is 6.42 Å². The summed E-state index contributed by atoms with van der Waals surface area (Å²) < 4.78 is 30.3. The standard InChI is InChI=1S/C12H14O4S/c13-10-7-4-8-11-12(10,16-11)17(14,15)9-5-2-1-3-6-9/h1-3,5-6,10-11,13H,4,7-8H2/t10-,11+,12+/m0/s1. The molecule has 0 amide bonds. The van der Waals surface area contributed by atoms with E-state index in [1.807, 2.05) is 0 Å². The maximum atomic E-state index is 12.5. The van der Waals surface area contributed by atoms with Crippen LogP contribution in [0.1, 0.15) is 19.3 Å². The number of hydrogen-bond donors (Lipinski definition) is 1. The Morgan fingerprint density at radius 2 is 1.94 bits per heavy atom. The predicted molar refractivity (Wildman–Crippen MR) is 61.1 cm³/mol. The summed E-state index contributed by atoms with van der Waals surface area (Å²) in [5.74, 6) is 0. The van der Waals surface area contributed by atoms with Gasteiger partial charge in [0.05, 0.1) is 4.90 Å². The zero-order valence-electron chi connectivity index (χ0n) is 9.24. The molecule has 2 fully saturated rings. The van der Waals surface area contributed by atoms with Crippen molar-refractivity contribution in [3.63, 3.8) is 0 Å². The molecule has 5 heteroatoms. The SMILES string of the molecule is O=S(=O)(c1ccccc1)[C@@]12O[C@@H]1CCC[C@@H]2O. The third kappa shape index (κ3) is 1.39. The molecule has 0 radical (unpaired) electrons. The van der Waals surface area contributed by atoms with Gasteiger partial charge < -0.3 is 9.84 Å². The summed E-state index contributed by atoms with van der Waals surface area (Å²) in [5, 5.41) is 9.96. The van der Waals surface area contributed by atoms with Crippen LogP contribution in [-0.4, -0.2) is 30.7 Å². The van der Waals surface area contributed by atoms with Crippen molar-refractivity contribution in [1.82, 2.24) is 0 Å². The monoisotopic (exact) mass is 254 g/mol. The first-order valence-corrected chi connectivity index (χ1v) is 7.23. The topological polar surface area (TPSA) is 66.9 Å². The third-order valence-electron chi connectivity index (χ3n) is 3.60. The fraction of sp³-hybridized carbons (Fsp3) is 0.500. The first-order valence-electron chi connectivity index (χ1n) is 5.74. The highest BCUT2D eigenvalue weighted by molar-refractivity contribution is 7.93. The summed E-state index contributed by atoms with van der Waals surface area (Å²) in [6.07, 6.45) is 0.770. The van der Waals surface area contributed by atoms with E-state index in [0.29, 0.717) is 12.8 Å². The zero-order chi connectivity index (χ0) is 12.1. The highest BCUT2D eigenvalue weighted by Crippen LogP contribution is 2.53. The van der Waals surface area contributed by atoms with Crippen LogP contribution in [0.25, 0.3) is 0 Å². The van der Waals surface area contributed by atoms with Crippen LogP contribution >= 0.6 is 0 Å². The van der Waals surface area contributed by atoms with Crippen LogP contribution in [0.4, 0.5) is 0 Å². The third-order valence-corrected chi connectivity index (χ3v) is 5.96. The molecular formula is C12H14O4S. The van der Waals surface area contributed by atoms with E-state index in [9.17, 15) is 13.5 Å². The predicted octanol–water partition coefficient (Wildman–Crippen LogP) is 1.10. The van der Waals surface area contributed by atoms with Gasteiger partial charge in [-0.15, -0.1) is 0 Å². The van der Waals surface area contributed by atoms with E-state index in [1.165, 1.54) is 0 Å². The molecule has 1 aliphatic heterocycles. The van der Waals surface area contributed by atoms with Crippen LogP contribution < -0.4 is 0 Å². The van der Waals surface area contributed by atoms with Gasteiger partial charge in [-0.2, -0.15) is 0 Å². The fourth-order valence-electron chi connectivity index (χ4n) is 2.64. The Morgan fingerprint density at radius 1 is 1.24 bits per heavy atom. The second-order valence-electron chi connectivity index (χ2n) is 4.59. The van der Waals surface area contributed by atoms with Crippen LogP contribution in [0.15, 0.2) is 35.2 Å². The lowest BCUT2D eigenvalue weighted by atomic mass is 9.97. The molecule has 1 aliphatic carbocycles. The van der Waals surface area contributed by atoms with Crippen molar-refractivity contribution >= 4 is 9.84 Å². The zero-order valence-corrected chi connectivity index (χ0v) is 10.1. The van der Waals surface area contributed by atoms with Gasteiger partial charge in [-0.1, -0.05) is 18.2 Å². The van der Waals surface area contributed by atoms with Crippen molar-refractivity contribution in [2.24, 2.45) is 0 Å². The Balaban J connectivity index is 2.05. The van der Waals surface area contributed by atoms with Gasteiger partial charge in [-0.05, 0) is 31.4 Å². The normalized spacial score (nSPS) is 36.3. The average molecular weight is 254 g/mol. The molecule has 0 unspecified atom stereocenters. The van der Waals surface area contributed by atoms with Crippen LogP contribution in [0.3, 0.4) is 0 Å². The maximum absolute atomic E-state index is 12.5. The van der Waals surface area contributed by atoms with E-state index >= 15 is 0 Å². The van der Waals surface area contributed by atoms with E-state index < -0.39 is 20.9 Å². The van der Waals surface area contributed by atoms with Gasteiger partial charge in [-0.3, -0.25) is 0 Å². The number of benzene rings is 1. The number of sulfone groups is 1. The number of rotatable bonds is 2. The molecule has 3 atom stereocenters. The lowest BCUT2D eigenvalue weighted by molar-refractivity contribution is 0.104. The minimum absolute atomic E-state index is 0.225. The van der Waals surface area contributed by atoms with Crippen molar-refractivity contribution in [2.45, 2.75) is 41.3 Å². The first kappa shape index (κ1) is 11.2. The Kier molecular flexibility index (Phi) is 2.33. The van der Waals surface area contributed by atoms with Crippen molar-refractivity contribution in [2.75, 3.05) is 0 Å². The lowest BCUT2D eigenvalue weighted by Gasteiger charge is -2.23. The highest BCUT2D eigenvalue weighted by Gasteiger charge is 2.71. The second kappa shape index (κ2) is 3.54. The largest absolute Gasteiger partial charge is 0.389 e. The smallest absolute Gasteiger partial charge is 0.225 e. The van der Waals surface area contributed by atoms with Crippen molar-refractivity contribution < 1.29 is 18.3 Å². The van der Waals surface area contributed by atoms with Gasteiger partial charge in [-0.25, -0.2) is 8.42 Å². The summed E-state index contributed by atoms with van der Waals surface area (Å²) >= 11 is 0. The molecule has 1 N–H and O–H groups in total. The Labute approximate surface area is 100 Å². The van der Waals surface area contributed by atoms with E-state index in [2.05, 4.69) is 0 Å². The summed E-state index contributed by atoms with van der Waals surface area (Å²) in [5.41, 5.74) is 0. The van der Waals surface area contributed by atoms with Crippen molar-refractivity contribution in [3.8, 4) is 0 Å². The molecule has 1 saturated heterocycles. The molecule has 1 aromatic carbocycles. The van der Waals surface area contributed by atoms with E-state index in [1.54, 1.807) is 30.3 Å². The maximum Gasteiger partial charge on any atom is 0.225 e. The number of aliphatic hydroxyl groups is 1. The van der Waals surface area contributed by atoms with Crippen molar-refractivity contribution in [1.29, 1.82) is 0 Å². The second-order valence-corrected chi connectivity index (χ2v) is 6.71. The molecule has 3 rings (SSSR count). The molecule has 1 saturated carbocycles. The van der Waals surface area contributed by atoms with Gasteiger partial charge >= 0.3 is 0 Å². The highest BCUT2D eigenvalue weighted by atomic mass is 32.2. The quantitative estimate of drug-likeness (QED) is 0.803. The van der Waals surface area contributed by atoms with Gasteiger partial charge in [0.25, 0.3) is 0 Å². The van der Waals surface area contributed by atoms with Gasteiger partial charge in [0.1, 0.15) is 12.2 Å². The molecule has 0 spiro atoms. The number of ether oxygens (including phenoxy) is 1.